The number of carbonyl (C=O) groups is 3. The van der Waals surface area contributed by atoms with Crippen LogP contribution in [0.5, 0.6) is 0 Å². The Kier molecular flexibility index (Phi) is 5.15. The van der Waals surface area contributed by atoms with E-state index in [1.54, 1.807) is 0 Å². The molecule has 0 amide bonds. The highest BCUT2D eigenvalue weighted by molar-refractivity contribution is 6.03. The molecule has 0 radical (unpaired) electrons. The molecule has 0 aromatic carbocycles. The molecule has 0 spiro atoms. The zero-order valence-corrected chi connectivity index (χ0v) is 17.4. The number of nitriles is 2. The lowest BCUT2D eigenvalue weighted by atomic mass is 9.65. The molecule has 3 unspecified atom stereocenters. The lowest BCUT2D eigenvalue weighted by molar-refractivity contribution is -0.141. The standard InChI is InChI=1S/C24H22N2O5/c1-13(27)30-9-19-18-8-24(11-25,12-26)21-6-15-3-4-16(5-15)23(21)20(10-31-14(2)28)17(18)7-22(19)29/h3-4,6,15-16,23H,5,7-10H2,1-2H3. The molecule has 3 atom stereocenters. The number of allylic oxidation sites excluding steroid dienone is 6. The van der Waals surface area contributed by atoms with Crippen LogP contribution in [0.4, 0.5) is 0 Å². The van der Waals surface area contributed by atoms with Gasteiger partial charge in [0, 0.05) is 38.2 Å². The minimum atomic E-state index is -1.45. The number of hydrogen-bond acceptors (Lipinski definition) is 7. The normalized spacial score (nSPS) is 27.5. The third-order valence-corrected chi connectivity index (χ3v) is 6.64. The number of carbonyl (C=O) groups excluding carboxylic acids is 3. The van der Waals surface area contributed by atoms with E-state index in [0.717, 1.165) is 23.1 Å². The molecule has 4 aliphatic rings. The van der Waals surface area contributed by atoms with Crippen molar-refractivity contribution in [2.24, 2.45) is 23.2 Å². The largest absolute Gasteiger partial charge is 0.461 e. The van der Waals surface area contributed by atoms with Crippen molar-refractivity contribution in [1.29, 1.82) is 10.5 Å². The minimum absolute atomic E-state index is 0.00770. The van der Waals surface area contributed by atoms with E-state index in [0.29, 0.717) is 11.1 Å². The Morgan fingerprint density at radius 2 is 1.77 bits per heavy atom. The quantitative estimate of drug-likeness (QED) is 0.509. The maximum atomic E-state index is 12.9. The highest BCUT2D eigenvalue weighted by Crippen LogP contribution is 2.56. The van der Waals surface area contributed by atoms with Gasteiger partial charge in [0.15, 0.2) is 11.2 Å². The predicted molar refractivity (Wildman–Crippen MR) is 108 cm³/mol. The summed E-state index contributed by atoms with van der Waals surface area (Å²) in [5.41, 5.74) is 1.66. The van der Waals surface area contributed by atoms with E-state index in [2.05, 4.69) is 24.3 Å². The molecule has 2 bridgehead atoms. The second kappa shape index (κ2) is 7.67. The van der Waals surface area contributed by atoms with Crippen molar-refractivity contribution < 1.29 is 23.9 Å². The van der Waals surface area contributed by atoms with Crippen molar-refractivity contribution in [2.45, 2.75) is 33.1 Å². The van der Waals surface area contributed by atoms with Crippen LogP contribution in [0.25, 0.3) is 0 Å². The first-order valence-electron chi connectivity index (χ1n) is 10.3. The van der Waals surface area contributed by atoms with E-state index in [4.69, 9.17) is 9.47 Å². The summed E-state index contributed by atoms with van der Waals surface area (Å²) in [7, 11) is 0. The number of ketones is 1. The Labute approximate surface area is 180 Å². The molecule has 0 aromatic heterocycles. The van der Waals surface area contributed by atoms with Crippen molar-refractivity contribution in [2.75, 3.05) is 13.2 Å². The fourth-order valence-corrected chi connectivity index (χ4v) is 5.28. The van der Waals surface area contributed by atoms with Crippen LogP contribution in [0, 0.1) is 45.8 Å². The zero-order chi connectivity index (χ0) is 22.3. The summed E-state index contributed by atoms with van der Waals surface area (Å²) in [6.45, 7) is 2.38. The minimum Gasteiger partial charge on any atom is -0.461 e. The summed E-state index contributed by atoms with van der Waals surface area (Å²) in [5.74, 6) is -1.22. The van der Waals surface area contributed by atoms with Gasteiger partial charge in [0.1, 0.15) is 13.2 Å². The van der Waals surface area contributed by atoms with Crippen LogP contribution in [-0.2, 0) is 23.9 Å². The van der Waals surface area contributed by atoms with Crippen LogP contribution in [0.3, 0.4) is 0 Å². The first-order chi connectivity index (χ1) is 14.8. The third kappa shape index (κ3) is 3.41. The van der Waals surface area contributed by atoms with E-state index in [-0.39, 0.29) is 49.6 Å². The Morgan fingerprint density at radius 1 is 1.10 bits per heavy atom. The zero-order valence-electron chi connectivity index (χ0n) is 17.4. The number of ether oxygens (including phenoxy) is 2. The molecule has 7 heteroatoms. The van der Waals surface area contributed by atoms with Crippen LogP contribution in [0.15, 0.2) is 46.1 Å². The first-order valence-corrected chi connectivity index (χ1v) is 10.3. The fraction of sp³-hybridized carbons (Fsp3) is 0.458. The van der Waals surface area contributed by atoms with Crippen molar-refractivity contribution in [1.82, 2.24) is 0 Å². The molecule has 0 N–H and O–H groups in total. The molecule has 0 saturated heterocycles. The van der Waals surface area contributed by atoms with Gasteiger partial charge in [-0.15, -0.1) is 0 Å². The van der Waals surface area contributed by atoms with Crippen molar-refractivity contribution in [3.8, 4) is 12.1 Å². The second-order valence-electron chi connectivity index (χ2n) is 8.48. The number of esters is 2. The molecule has 4 rings (SSSR count). The summed E-state index contributed by atoms with van der Waals surface area (Å²) in [5, 5.41) is 20.3. The number of nitrogens with zero attached hydrogens (tertiary/aromatic N) is 2. The Bertz CT molecular complexity index is 1080. The molecule has 0 saturated carbocycles. The number of Topliss-reactive ketones (excluding diaryl/α,β-unsaturated/α-hetero) is 1. The molecule has 0 aromatic rings. The van der Waals surface area contributed by atoms with Crippen LogP contribution in [-0.4, -0.2) is 30.9 Å². The molecule has 0 fully saturated rings. The monoisotopic (exact) mass is 418 g/mol. The van der Waals surface area contributed by atoms with E-state index in [1.807, 2.05) is 6.08 Å². The number of rotatable bonds is 4. The van der Waals surface area contributed by atoms with E-state index in [1.165, 1.54) is 13.8 Å². The van der Waals surface area contributed by atoms with E-state index >= 15 is 0 Å². The van der Waals surface area contributed by atoms with Gasteiger partial charge in [0.2, 0.25) is 0 Å². The summed E-state index contributed by atoms with van der Waals surface area (Å²) in [6.07, 6.45) is 7.16. The van der Waals surface area contributed by atoms with Crippen LogP contribution in [0.2, 0.25) is 0 Å². The fourth-order valence-electron chi connectivity index (χ4n) is 5.28. The van der Waals surface area contributed by atoms with Crippen LogP contribution < -0.4 is 0 Å². The van der Waals surface area contributed by atoms with Crippen LogP contribution in [0.1, 0.15) is 33.1 Å². The smallest absolute Gasteiger partial charge is 0.302 e. The second-order valence-corrected chi connectivity index (χ2v) is 8.48. The van der Waals surface area contributed by atoms with Gasteiger partial charge in [-0.05, 0) is 40.5 Å². The molecular formula is C24H22N2O5. The number of hydrogen-bond donors (Lipinski definition) is 0. The predicted octanol–water partition coefficient (Wildman–Crippen LogP) is 2.86. The molecule has 158 valence electrons. The highest BCUT2D eigenvalue weighted by atomic mass is 16.5. The average Bonchev–Trinajstić information content (AvgIpc) is 3.22. The Morgan fingerprint density at radius 3 is 2.42 bits per heavy atom. The van der Waals surface area contributed by atoms with Gasteiger partial charge in [-0.1, -0.05) is 18.2 Å². The van der Waals surface area contributed by atoms with Gasteiger partial charge in [0.05, 0.1) is 12.1 Å². The Hall–Kier alpha value is -3.45. The van der Waals surface area contributed by atoms with Crippen molar-refractivity contribution >= 4 is 17.7 Å². The van der Waals surface area contributed by atoms with E-state index in [9.17, 15) is 24.9 Å². The van der Waals surface area contributed by atoms with Gasteiger partial charge >= 0.3 is 11.9 Å². The van der Waals surface area contributed by atoms with Crippen molar-refractivity contribution in [3.05, 3.63) is 46.1 Å². The third-order valence-electron chi connectivity index (χ3n) is 6.64. The topological polar surface area (TPSA) is 117 Å². The van der Waals surface area contributed by atoms with Crippen LogP contribution >= 0.6 is 0 Å². The SMILES string of the molecule is CC(=O)OCC1=C2CC(C#N)(C#N)C3=CC4C=CC(C4)C3C(COC(C)=O)=C2CC1=O. The molecule has 0 heterocycles. The van der Waals surface area contributed by atoms with Gasteiger partial charge in [-0.25, -0.2) is 0 Å². The van der Waals surface area contributed by atoms with E-state index < -0.39 is 17.4 Å². The molecule has 0 aliphatic heterocycles. The first kappa shape index (κ1) is 20.8. The molecule has 4 aliphatic carbocycles. The van der Waals surface area contributed by atoms with Crippen molar-refractivity contribution in [3.63, 3.8) is 0 Å². The summed E-state index contributed by atoms with van der Waals surface area (Å²) in [4.78, 5) is 35.8. The lowest BCUT2D eigenvalue weighted by Crippen LogP contribution is -2.32. The van der Waals surface area contributed by atoms with Gasteiger partial charge in [-0.3, -0.25) is 14.4 Å². The maximum absolute atomic E-state index is 12.9. The highest BCUT2D eigenvalue weighted by Gasteiger charge is 2.51. The molecule has 7 nitrogen and oxygen atoms in total. The number of fused-ring (bicyclic) bond motifs is 5. The van der Waals surface area contributed by atoms with Gasteiger partial charge in [-0.2, -0.15) is 10.5 Å². The summed E-state index contributed by atoms with van der Waals surface area (Å²) in [6, 6.07) is 4.46. The van der Waals surface area contributed by atoms with Gasteiger partial charge in [0.25, 0.3) is 0 Å². The lowest BCUT2D eigenvalue weighted by Gasteiger charge is -2.36. The van der Waals surface area contributed by atoms with Gasteiger partial charge < -0.3 is 9.47 Å². The summed E-state index contributed by atoms with van der Waals surface area (Å²) >= 11 is 0. The molecular weight excluding hydrogens is 396 g/mol. The Balaban J connectivity index is 1.94. The summed E-state index contributed by atoms with van der Waals surface area (Å²) < 4.78 is 10.5. The average molecular weight is 418 g/mol. The maximum Gasteiger partial charge on any atom is 0.302 e. The molecule has 31 heavy (non-hydrogen) atoms.